The monoisotopic (exact) mass is 352 g/mol. The van der Waals surface area contributed by atoms with Crippen molar-refractivity contribution in [3.63, 3.8) is 0 Å². The Hall–Kier alpha value is -2.61. The van der Waals surface area contributed by atoms with Gasteiger partial charge in [-0.1, -0.05) is 12.1 Å². The number of alkyl halides is 3. The minimum atomic E-state index is -4.56. The average Bonchev–Trinajstić information content (AvgIpc) is 3.07. The van der Waals surface area contributed by atoms with Crippen molar-refractivity contribution in [2.24, 2.45) is 0 Å². The number of hydrogen-bond acceptors (Lipinski definition) is 4. The van der Waals surface area contributed by atoms with Crippen molar-refractivity contribution in [2.75, 3.05) is 18.5 Å². The van der Waals surface area contributed by atoms with Crippen LogP contribution in [0.15, 0.2) is 42.6 Å². The third-order valence-corrected chi connectivity index (χ3v) is 3.65. The Balaban J connectivity index is 1.76. The molecule has 1 aliphatic heterocycles. The van der Waals surface area contributed by atoms with E-state index < -0.39 is 17.6 Å². The lowest BCUT2D eigenvalue weighted by molar-refractivity contribution is -0.136. The first-order valence-electron chi connectivity index (χ1n) is 7.61. The third-order valence-electron chi connectivity index (χ3n) is 3.65. The number of nitrogens with zero attached hydrogens (tertiary/aromatic N) is 1. The van der Waals surface area contributed by atoms with Crippen molar-refractivity contribution >= 4 is 11.6 Å². The Morgan fingerprint density at radius 2 is 2.08 bits per heavy atom. The lowest BCUT2D eigenvalue weighted by atomic mass is 10.1. The van der Waals surface area contributed by atoms with Crippen LogP contribution in [0.5, 0.6) is 5.88 Å². The number of anilines is 1. The molecule has 3 rings (SSSR count). The first kappa shape index (κ1) is 17.2. The van der Waals surface area contributed by atoms with Gasteiger partial charge >= 0.3 is 6.18 Å². The Morgan fingerprint density at radius 3 is 2.80 bits per heavy atom. The number of halogens is 3. The molecule has 132 valence electrons. The van der Waals surface area contributed by atoms with Crippen LogP contribution in [-0.4, -0.2) is 30.2 Å². The molecule has 0 radical (unpaired) electrons. The van der Waals surface area contributed by atoms with Crippen LogP contribution in [0.2, 0.25) is 0 Å². The summed E-state index contributed by atoms with van der Waals surface area (Å²) < 4.78 is 49.8. The lowest BCUT2D eigenvalue weighted by Crippen LogP contribution is -2.18. The summed E-state index contributed by atoms with van der Waals surface area (Å²) in [6.07, 6.45) is -2.61. The van der Waals surface area contributed by atoms with Crippen LogP contribution < -0.4 is 10.1 Å². The maximum atomic E-state index is 13.0. The van der Waals surface area contributed by atoms with E-state index in [1.807, 2.05) is 0 Å². The predicted molar refractivity (Wildman–Crippen MR) is 83.5 cm³/mol. The van der Waals surface area contributed by atoms with E-state index in [1.165, 1.54) is 36.5 Å². The number of carbonyl (C=O) groups is 1. The van der Waals surface area contributed by atoms with Crippen molar-refractivity contribution in [3.8, 4) is 5.88 Å². The fraction of sp³-hybridized carbons (Fsp3) is 0.294. The fourth-order valence-corrected chi connectivity index (χ4v) is 2.43. The van der Waals surface area contributed by atoms with Crippen LogP contribution in [-0.2, 0) is 10.9 Å². The van der Waals surface area contributed by atoms with Crippen molar-refractivity contribution in [1.82, 2.24) is 4.98 Å². The number of para-hydroxylation sites is 1. The van der Waals surface area contributed by atoms with Gasteiger partial charge in [-0.05, 0) is 18.2 Å². The number of aromatic nitrogens is 1. The van der Waals surface area contributed by atoms with Crippen LogP contribution in [0.3, 0.4) is 0 Å². The third kappa shape index (κ3) is 4.27. The van der Waals surface area contributed by atoms with E-state index in [1.54, 1.807) is 0 Å². The first-order valence-corrected chi connectivity index (χ1v) is 7.61. The molecule has 1 atom stereocenters. The molecule has 1 amide bonds. The summed E-state index contributed by atoms with van der Waals surface area (Å²) in [4.78, 5) is 16.3. The fourth-order valence-electron chi connectivity index (χ4n) is 2.43. The highest BCUT2D eigenvalue weighted by Gasteiger charge is 2.33. The summed E-state index contributed by atoms with van der Waals surface area (Å²) in [6.45, 7) is 1.04. The summed E-state index contributed by atoms with van der Waals surface area (Å²) in [6, 6.07) is 7.60. The molecule has 1 N–H and O–H groups in total. The number of nitrogens with one attached hydrogen (secondary N) is 1. The van der Waals surface area contributed by atoms with Gasteiger partial charge < -0.3 is 14.8 Å². The highest BCUT2D eigenvalue weighted by Crippen LogP contribution is 2.34. The van der Waals surface area contributed by atoms with Crippen molar-refractivity contribution in [1.29, 1.82) is 0 Å². The number of ether oxygens (including phenoxy) is 2. The molecular weight excluding hydrogens is 337 g/mol. The normalized spacial score (nSPS) is 17.3. The van der Waals surface area contributed by atoms with Crippen molar-refractivity contribution in [2.45, 2.75) is 18.7 Å². The Morgan fingerprint density at radius 1 is 1.28 bits per heavy atom. The van der Waals surface area contributed by atoms with E-state index in [-0.39, 0.29) is 23.2 Å². The number of benzene rings is 1. The first-order chi connectivity index (χ1) is 11.9. The summed E-state index contributed by atoms with van der Waals surface area (Å²) in [5.74, 6) is -0.445. The topological polar surface area (TPSA) is 60.5 Å². The molecule has 1 aliphatic rings. The van der Waals surface area contributed by atoms with Gasteiger partial charge in [0.2, 0.25) is 5.88 Å². The molecule has 0 aliphatic carbocycles. The number of amides is 1. The summed E-state index contributed by atoms with van der Waals surface area (Å²) >= 11 is 0. The van der Waals surface area contributed by atoms with E-state index in [0.717, 1.165) is 12.5 Å². The molecule has 1 fully saturated rings. The molecule has 8 heteroatoms. The zero-order valence-corrected chi connectivity index (χ0v) is 13.0. The number of carbonyl (C=O) groups excluding carboxylic acids is 1. The smallest absolute Gasteiger partial charge is 0.418 e. The van der Waals surface area contributed by atoms with Crippen molar-refractivity contribution in [3.05, 3.63) is 53.7 Å². The van der Waals surface area contributed by atoms with E-state index >= 15 is 0 Å². The number of hydrogen-bond donors (Lipinski definition) is 1. The number of pyridine rings is 1. The molecule has 1 unspecified atom stereocenters. The second-order valence-corrected chi connectivity index (χ2v) is 5.48. The second-order valence-electron chi connectivity index (χ2n) is 5.48. The minimum Gasteiger partial charge on any atom is -0.472 e. The van der Waals surface area contributed by atoms with E-state index in [0.29, 0.717) is 13.2 Å². The number of rotatable bonds is 4. The van der Waals surface area contributed by atoms with Gasteiger partial charge in [0.25, 0.3) is 5.91 Å². The van der Waals surface area contributed by atoms with Gasteiger partial charge in [-0.2, -0.15) is 13.2 Å². The Labute approximate surface area is 141 Å². The van der Waals surface area contributed by atoms with Crippen LogP contribution >= 0.6 is 0 Å². The van der Waals surface area contributed by atoms with Gasteiger partial charge in [-0.15, -0.1) is 0 Å². The molecule has 1 aromatic heterocycles. The maximum absolute atomic E-state index is 13.0. The van der Waals surface area contributed by atoms with Crippen LogP contribution in [0.1, 0.15) is 22.3 Å². The zero-order chi connectivity index (χ0) is 17.9. The van der Waals surface area contributed by atoms with E-state index in [9.17, 15) is 18.0 Å². The van der Waals surface area contributed by atoms with Crippen molar-refractivity contribution < 1.29 is 27.4 Å². The summed E-state index contributed by atoms with van der Waals surface area (Å²) in [5, 5.41) is 2.29. The molecule has 2 aromatic rings. The van der Waals surface area contributed by atoms with Crippen LogP contribution in [0.25, 0.3) is 0 Å². The lowest BCUT2D eigenvalue weighted by Gasteiger charge is -2.14. The minimum absolute atomic E-state index is 0.142. The molecule has 0 bridgehead atoms. The van der Waals surface area contributed by atoms with Gasteiger partial charge in [-0.25, -0.2) is 4.98 Å². The SMILES string of the molecule is O=C(Nc1ccccc1C(F)(F)F)c1ccnc(OC2CCOC2)c1. The molecular formula is C17H15F3N2O3. The average molecular weight is 352 g/mol. The van der Waals surface area contributed by atoms with Gasteiger partial charge in [0, 0.05) is 24.2 Å². The molecule has 0 spiro atoms. The highest BCUT2D eigenvalue weighted by atomic mass is 19.4. The molecule has 5 nitrogen and oxygen atoms in total. The van der Waals surface area contributed by atoms with Crippen LogP contribution in [0.4, 0.5) is 18.9 Å². The van der Waals surface area contributed by atoms with E-state index in [4.69, 9.17) is 9.47 Å². The summed E-state index contributed by atoms with van der Waals surface area (Å²) in [5.41, 5.74) is -1.05. The largest absolute Gasteiger partial charge is 0.472 e. The highest BCUT2D eigenvalue weighted by molar-refractivity contribution is 6.04. The van der Waals surface area contributed by atoms with Gasteiger partial charge in [0.05, 0.1) is 24.5 Å². The zero-order valence-electron chi connectivity index (χ0n) is 13.0. The van der Waals surface area contributed by atoms with Gasteiger partial charge in [-0.3, -0.25) is 4.79 Å². The quantitative estimate of drug-likeness (QED) is 0.915. The van der Waals surface area contributed by atoms with Gasteiger partial charge in [0.1, 0.15) is 6.10 Å². The Bertz CT molecular complexity index is 759. The molecule has 1 aromatic carbocycles. The molecule has 2 heterocycles. The van der Waals surface area contributed by atoms with Crippen LogP contribution in [0, 0.1) is 0 Å². The molecule has 25 heavy (non-hydrogen) atoms. The van der Waals surface area contributed by atoms with Gasteiger partial charge in [0.15, 0.2) is 0 Å². The Kier molecular flexibility index (Phi) is 4.89. The van der Waals surface area contributed by atoms with E-state index in [2.05, 4.69) is 10.3 Å². The maximum Gasteiger partial charge on any atom is 0.418 e. The summed E-state index contributed by atoms with van der Waals surface area (Å²) in [7, 11) is 0. The standard InChI is InChI=1S/C17H15F3N2O3/c18-17(19,20)13-3-1-2-4-14(13)22-16(23)11-5-7-21-15(9-11)25-12-6-8-24-10-12/h1-5,7,9,12H,6,8,10H2,(H,22,23). The second kappa shape index (κ2) is 7.10. The molecule has 0 saturated carbocycles. The predicted octanol–water partition coefficient (Wildman–Crippen LogP) is 3.52. The molecule has 1 saturated heterocycles.